The van der Waals surface area contributed by atoms with Gasteiger partial charge in [-0.25, -0.2) is 0 Å². The van der Waals surface area contributed by atoms with Gasteiger partial charge in [0, 0.05) is 17.1 Å². The topological polar surface area (TPSA) is 21.3 Å². The number of hydrogen-bond acceptors (Lipinski definition) is 2. The van der Waals surface area contributed by atoms with E-state index in [4.69, 9.17) is 4.74 Å². The van der Waals surface area contributed by atoms with Crippen LogP contribution in [0.25, 0.3) is 0 Å². The van der Waals surface area contributed by atoms with Crippen LogP contribution in [0.1, 0.15) is 32.8 Å². The van der Waals surface area contributed by atoms with Crippen molar-refractivity contribution in [2.75, 3.05) is 7.11 Å². The molecule has 0 spiro atoms. The maximum atomic E-state index is 5.24. The summed E-state index contributed by atoms with van der Waals surface area (Å²) >= 11 is 3.57. The Bertz CT molecular complexity index is 352. The Labute approximate surface area is 113 Å². The van der Waals surface area contributed by atoms with Gasteiger partial charge in [0.05, 0.1) is 7.11 Å². The van der Waals surface area contributed by atoms with E-state index >= 15 is 0 Å². The van der Waals surface area contributed by atoms with Gasteiger partial charge in [0.25, 0.3) is 0 Å². The molecule has 0 aliphatic rings. The van der Waals surface area contributed by atoms with Gasteiger partial charge in [0.2, 0.25) is 0 Å². The second-order valence-electron chi connectivity index (χ2n) is 4.60. The third kappa shape index (κ3) is 4.32. The molecule has 0 saturated carbocycles. The summed E-state index contributed by atoms with van der Waals surface area (Å²) in [5.74, 6) is 1.56. The number of halogens is 1. The molecule has 1 aromatic rings. The summed E-state index contributed by atoms with van der Waals surface area (Å²) in [5.41, 5.74) is 1.24. The number of hydrogen-bond donors (Lipinski definition) is 1. The zero-order chi connectivity index (χ0) is 12.8. The smallest absolute Gasteiger partial charge is 0.119 e. The fraction of sp³-hybridized carbons (Fsp3) is 0.571. The van der Waals surface area contributed by atoms with Crippen molar-refractivity contribution in [3.63, 3.8) is 0 Å². The molecule has 0 radical (unpaired) electrons. The van der Waals surface area contributed by atoms with Crippen LogP contribution >= 0.6 is 15.9 Å². The molecule has 1 N–H and O–H groups in total. The molecule has 96 valence electrons. The Hall–Kier alpha value is -0.540. The minimum Gasteiger partial charge on any atom is -0.497 e. The highest BCUT2D eigenvalue weighted by Crippen LogP contribution is 2.22. The molecule has 1 rings (SSSR count). The molecule has 0 heterocycles. The summed E-state index contributed by atoms with van der Waals surface area (Å²) in [6.07, 6.45) is 1.15. The molecule has 0 amide bonds. The molecule has 1 aromatic carbocycles. The van der Waals surface area contributed by atoms with E-state index in [0.29, 0.717) is 12.0 Å². The lowest BCUT2D eigenvalue weighted by atomic mass is 10.0. The van der Waals surface area contributed by atoms with Crippen LogP contribution in [0, 0.1) is 5.92 Å². The summed E-state index contributed by atoms with van der Waals surface area (Å²) < 4.78 is 6.37. The fourth-order valence-electron chi connectivity index (χ4n) is 1.91. The quantitative estimate of drug-likeness (QED) is 0.858. The highest BCUT2D eigenvalue weighted by atomic mass is 79.9. The Morgan fingerprint density at radius 1 is 1.35 bits per heavy atom. The molecule has 2 nitrogen and oxygen atoms in total. The van der Waals surface area contributed by atoms with Crippen molar-refractivity contribution in [3.05, 3.63) is 28.2 Å². The van der Waals surface area contributed by atoms with Crippen molar-refractivity contribution in [3.8, 4) is 5.75 Å². The number of ether oxygens (including phenoxy) is 1. The standard InChI is InChI=1S/C14H22BrNO/c1-5-14(10(2)3)16-9-11-8-12(17-4)6-7-13(11)15/h6-8,10,14,16H,5,9H2,1-4H3. The highest BCUT2D eigenvalue weighted by Gasteiger charge is 2.11. The predicted octanol–water partition coefficient (Wildman–Crippen LogP) is 3.98. The van der Waals surface area contributed by atoms with E-state index in [9.17, 15) is 0 Å². The number of rotatable bonds is 6. The van der Waals surface area contributed by atoms with E-state index in [2.05, 4.69) is 48.1 Å². The molecule has 0 bridgehead atoms. The lowest BCUT2D eigenvalue weighted by Crippen LogP contribution is -2.32. The lowest BCUT2D eigenvalue weighted by Gasteiger charge is -2.21. The van der Waals surface area contributed by atoms with Gasteiger partial charge in [0.1, 0.15) is 5.75 Å². The van der Waals surface area contributed by atoms with E-state index in [1.165, 1.54) is 5.56 Å². The molecular weight excluding hydrogens is 278 g/mol. The van der Waals surface area contributed by atoms with E-state index in [1.807, 2.05) is 12.1 Å². The molecule has 0 fully saturated rings. The first kappa shape index (κ1) is 14.5. The largest absolute Gasteiger partial charge is 0.497 e. The average Bonchev–Trinajstić information content (AvgIpc) is 2.31. The maximum absolute atomic E-state index is 5.24. The van der Waals surface area contributed by atoms with Crippen molar-refractivity contribution in [1.82, 2.24) is 5.32 Å². The number of methoxy groups -OCH3 is 1. The van der Waals surface area contributed by atoms with Gasteiger partial charge in [-0.3, -0.25) is 0 Å². The van der Waals surface area contributed by atoms with Crippen LogP contribution in [0.3, 0.4) is 0 Å². The summed E-state index contributed by atoms with van der Waals surface area (Å²) in [6, 6.07) is 6.64. The van der Waals surface area contributed by atoms with Crippen molar-refractivity contribution < 1.29 is 4.74 Å². The second-order valence-corrected chi connectivity index (χ2v) is 5.45. The first-order chi connectivity index (χ1) is 8.08. The normalized spacial score (nSPS) is 12.8. The van der Waals surface area contributed by atoms with Gasteiger partial charge >= 0.3 is 0 Å². The van der Waals surface area contributed by atoms with E-state index < -0.39 is 0 Å². The lowest BCUT2D eigenvalue weighted by molar-refractivity contribution is 0.385. The minimum atomic E-state index is 0.563. The molecular formula is C14H22BrNO. The Morgan fingerprint density at radius 2 is 2.06 bits per heavy atom. The first-order valence-electron chi connectivity index (χ1n) is 6.14. The van der Waals surface area contributed by atoms with Gasteiger partial charge in [0.15, 0.2) is 0 Å². The summed E-state index contributed by atoms with van der Waals surface area (Å²) in [7, 11) is 1.70. The van der Waals surface area contributed by atoms with Crippen LogP contribution in [0.4, 0.5) is 0 Å². The molecule has 0 aromatic heterocycles. The van der Waals surface area contributed by atoms with Crippen LogP contribution in [0.5, 0.6) is 5.75 Å². The number of nitrogens with one attached hydrogen (secondary N) is 1. The molecule has 3 heteroatoms. The van der Waals surface area contributed by atoms with E-state index in [0.717, 1.165) is 23.2 Å². The molecule has 17 heavy (non-hydrogen) atoms. The van der Waals surface area contributed by atoms with Gasteiger partial charge in [-0.05, 0) is 36.1 Å². The minimum absolute atomic E-state index is 0.563. The summed E-state index contributed by atoms with van der Waals surface area (Å²) in [4.78, 5) is 0. The van der Waals surface area contributed by atoms with Crippen LogP contribution in [0.2, 0.25) is 0 Å². The van der Waals surface area contributed by atoms with E-state index in [1.54, 1.807) is 7.11 Å². The van der Waals surface area contributed by atoms with Gasteiger partial charge < -0.3 is 10.1 Å². The average molecular weight is 300 g/mol. The van der Waals surface area contributed by atoms with Gasteiger partial charge in [-0.1, -0.05) is 36.7 Å². The molecule has 0 aliphatic heterocycles. The summed E-state index contributed by atoms with van der Waals surface area (Å²) in [5, 5.41) is 3.59. The van der Waals surface area contributed by atoms with Crippen molar-refractivity contribution in [2.45, 2.75) is 39.8 Å². The molecule has 1 atom stereocenters. The Morgan fingerprint density at radius 3 is 2.59 bits per heavy atom. The molecule has 1 unspecified atom stereocenters. The van der Waals surface area contributed by atoms with Gasteiger partial charge in [-0.15, -0.1) is 0 Å². The third-order valence-electron chi connectivity index (χ3n) is 3.05. The zero-order valence-corrected chi connectivity index (χ0v) is 12.7. The SMILES string of the molecule is CCC(NCc1cc(OC)ccc1Br)C(C)C. The highest BCUT2D eigenvalue weighted by molar-refractivity contribution is 9.10. The van der Waals surface area contributed by atoms with Crippen LogP contribution in [-0.2, 0) is 6.54 Å². The molecule has 0 aliphatic carbocycles. The first-order valence-corrected chi connectivity index (χ1v) is 6.93. The maximum Gasteiger partial charge on any atom is 0.119 e. The van der Waals surface area contributed by atoms with Crippen LogP contribution < -0.4 is 10.1 Å². The fourth-order valence-corrected chi connectivity index (χ4v) is 2.29. The second kappa shape index (κ2) is 7.02. The van der Waals surface area contributed by atoms with Crippen molar-refractivity contribution in [2.24, 2.45) is 5.92 Å². The summed E-state index contributed by atoms with van der Waals surface area (Å²) in [6.45, 7) is 7.59. The predicted molar refractivity (Wildman–Crippen MR) is 76.5 cm³/mol. The third-order valence-corrected chi connectivity index (χ3v) is 3.83. The van der Waals surface area contributed by atoms with Crippen molar-refractivity contribution >= 4 is 15.9 Å². The van der Waals surface area contributed by atoms with Crippen LogP contribution in [-0.4, -0.2) is 13.2 Å². The Balaban J connectivity index is 2.67. The van der Waals surface area contributed by atoms with Gasteiger partial charge in [-0.2, -0.15) is 0 Å². The monoisotopic (exact) mass is 299 g/mol. The van der Waals surface area contributed by atoms with E-state index in [-0.39, 0.29) is 0 Å². The van der Waals surface area contributed by atoms with Crippen molar-refractivity contribution in [1.29, 1.82) is 0 Å². The molecule has 0 saturated heterocycles. The number of benzene rings is 1. The van der Waals surface area contributed by atoms with Crippen LogP contribution in [0.15, 0.2) is 22.7 Å². The Kier molecular flexibility index (Phi) is 6.00. The zero-order valence-electron chi connectivity index (χ0n) is 11.1.